The zero-order valence-electron chi connectivity index (χ0n) is 9.62. The highest BCUT2D eigenvalue weighted by molar-refractivity contribution is 7.09. The van der Waals surface area contributed by atoms with Crippen molar-refractivity contribution in [1.29, 1.82) is 0 Å². The molecule has 1 aliphatic carbocycles. The molecule has 0 aliphatic heterocycles. The Morgan fingerprint density at radius 1 is 1.75 bits per heavy atom. The van der Waals surface area contributed by atoms with Crippen LogP contribution in [0.25, 0.3) is 0 Å². The van der Waals surface area contributed by atoms with Gasteiger partial charge in [-0.15, -0.1) is 11.3 Å². The molecule has 0 spiro atoms. The summed E-state index contributed by atoms with van der Waals surface area (Å²) in [4.78, 5) is 16.2. The Labute approximate surface area is 99.3 Å². The van der Waals surface area contributed by atoms with Gasteiger partial charge in [-0.1, -0.05) is 0 Å². The highest BCUT2D eigenvalue weighted by atomic mass is 32.1. The summed E-state index contributed by atoms with van der Waals surface area (Å²) in [6.07, 6.45) is 2.13. The maximum absolute atomic E-state index is 11.9. The Morgan fingerprint density at radius 2 is 2.44 bits per heavy atom. The maximum atomic E-state index is 11.9. The number of thiazole rings is 1. The summed E-state index contributed by atoms with van der Waals surface area (Å²) in [5.41, 5.74) is 6.28. The number of nitrogens with two attached hydrogens (primary N) is 1. The molecule has 1 aromatic heterocycles. The molecule has 1 amide bonds. The van der Waals surface area contributed by atoms with Gasteiger partial charge in [-0.3, -0.25) is 4.79 Å². The van der Waals surface area contributed by atoms with E-state index in [-0.39, 0.29) is 5.91 Å². The van der Waals surface area contributed by atoms with E-state index in [1.54, 1.807) is 11.3 Å². The van der Waals surface area contributed by atoms with Crippen LogP contribution in [0.15, 0.2) is 5.38 Å². The van der Waals surface area contributed by atoms with Crippen molar-refractivity contribution < 1.29 is 4.79 Å². The zero-order valence-corrected chi connectivity index (χ0v) is 10.4. The molecule has 88 valence electrons. The molecule has 1 heterocycles. The Hall–Kier alpha value is -0.940. The molecule has 1 fully saturated rings. The topological polar surface area (TPSA) is 68.0 Å². The minimum Gasteiger partial charge on any atom is -0.348 e. The molecule has 2 rings (SSSR count). The lowest BCUT2D eigenvalue weighted by Gasteiger charge is -2.22. The standard InChI is InChI=1S/C11H17N3OS/c1-7-6-16-9(14-7)5-13-10(15)11(2,12)8-3-4-8/h6,8H,3-5,12H2,1-2H3,(H,13,15). The van der Waals surface area contributed by atoms with E-state index >= 15 is 0 Å². The predicted molar refractivity (Wildman–Crippen MR) is 64.0 cm³/mol. The Balaban J connectivity index is 1.88. The van der Waals surface area contributed by atoms with Crippen LogP contribution in [0, 0.1) is 12.8 Å². The van der Waals surface area contributed by atoms with Crippen LogP contribution in [0.3, 0.4) is 0 Å². The van der Waals surface area contributed by atoms with Gasteiger partial charge in [-0.05, 0) is 32.6 Å². The lowest BCUT2D eigenvalue weighted by molar-refractivity contribution is -0.126. The molecule has 0 bridgehead atoms. The van der Waals surface area contributed by atoms with Crippen LogP contribution in [-0.4, -0.2) is 16.4 Å². The van der Waals surface area contributed by atoms with Crippen LogP contribution in [-0.2, 0) is 11.3 Å². The first-order valence-electron chi connectivity index (χ1n) is 5.48. The van der Waals surface area contributed by atoms with Crippen LogP contribution in [0.5, 0.6) is 0 Å². The van der Waals surface area contributed by atoms with E-state index in [2.05, 4.69) is 10.3 Å². The summed E-state index contributed by atoms with van der Waals surface area (Å²) in [5, 5.41) is 5.76. The van der Waals surface area contributed by atoms with Gasteiger partial charge in [0.25, 0.3) is 0 Å². The van der Waals surface area contributed by atoms with Crippen LogP contribution < -0.4 is 11.1 Å². The summed E-state index contributed by atoms with van der Waals surface area (Å²) in [7, 11) is 0. The smallest absolute Gasteiger partial charge is 0.240 e. The zero-order chi connectivity index (χ0) is 11.8. The lowest BCUT2D eigenvalue weighted by atomic mass is 9.96. The minimum absolute atomic E-state index is 0.0668. The van der Waals surface area contributed by atoms with Gasteiger partial charge in [-0.25, -0.2) is 4.98 Å². The van der Waals surface area contributed by atoms with Crippen molar-refractivity contribution in [3.8, 4) is 0 Å². The molecule has 1 unspecified atom stereocenters. The summed E-state index contributed by atoms with van der Waals surface area (Å²) >= 11 is 1.56. The van der Waals surface area contributed by atoms with Crippen molar-refractivity contribution in [2.75, 3.05) is 0 Å². The molecular weight excluding hydrogens is 222 g/mol. The monoisotopic (exact) mass is 239 g/mol. The van der Waals surface area contributed by atoms with Gasteiger partial charge in [0, 0.05) is 11.1 Å². The number of nitrogens with zero attached hydrogens (tertiary/aromatic N) is 1. The Kier molecular flexibility index (Phi) is 2.99. The van der Waals surface area contributed by atoms with E-state index in [1.165, 1.54) is 0 Å². The van der Waals surface area contributed by atoms with Gasteiger partial charge >= 0.3 is 0 Å². The number of carbonyl (C=O) groups excluding carboxylic acids is 1. The normalized spacial score (nSPS) is 19.2. The van der Waals surface area contributed by atoms with Crippen LogP contribution in [0.2, 0.25) is 0 Å². The SMILES string of the molecule is Cc1csc(CNC(=O)C(C)(N)C2CC2)n1. The van der Waals surface area contributed by atoms with E-state index in [0.29, 0.717) is 12.5 Å². The third-order valence-electron chi connectivity index (χ3n) is 2.98. The molecule has 0 aromatic carbocycles. The van der Waals surface area contributed by atoms with E-state index in [1.807, 2.05) is 19.2 Å². The molecule has 5 heteroatoms. The quantitative estimate of drug-likeness (QED) is 0.829. The van der Waals surface area contributed by atoms with E-state index in [9.17, 15) is 4.79 Å². The summed E-state index contributed by atoms with van der Waals surface area (Å²) in [6.45, 7) is 4.24. The number of aromatic nitrogens is 1. The van der Waals surface area contributed by atoms with Gasteiger partial charge in [0.05, 0.1) is 12.1 Å². The molecule has 1 aromatic rings. The predicted octanol–water partition coefficient (Wildman–Crippen LogP) is 1.20. The average molecular weight is 239 g/mol. The minimum atomic E-state index is -0.716. The van der Waals surface area contributed by atoms with Crippen LogP contribution in [0.4, 0.5) is 0 Å². The average Bonchev–Trinajstić information content (AvgIpc) is 3.00. The molecule has 1 aliphatic rings. The molecule has 0 saturated heterocycles. The first-order valence-corrected chi connectivity index (χ1v) is 6.36. The Morgan fingerprint density at radius 3 is 2.94 bits per heavy atom. The number of hydrogen-bond acceptors (Lipinski definition) is 4. The van der Waals surface area contributed by atoms with Crippen molar-refractivity contribution in [2.45, 2.75) is 38.8 Å². The first kappa shape index (κ1) is 11.5. The highest BCUT2D eigenvalue weighted by Crippen LogP contribution is 2.38. The molecule has 3 N–H and O–H groups in total. The van der Waals surface area contributed by atoms with Gasteiger partial charge < -0.3 is 11.1 Å². The van der Waals surface area contributed by atoms with E-state index in [4.69, 9.17) is 5.73 Å². The largest absolute Gasteiger partial charge is 0.348 e. The molecule has 1 atom stereocenters. The fourth-order valence-corrected chi connectivity index (χ4v) is 2.41. The number of carbonyl (C=O) groups is 1. The fraction of sp³-hybridized carbons (Fsp3) is 0.636. The van der Waals surface area contributed by atoms with Gasteiger partial charge in [-0.2, -0.15) is 0 Å². The number of nitrogens with one attached hydrogen (secondary N) is 1. The van der Waals surface area contributed by atoms with Crippen LogP contribution in [0.1, 0.15) is 30.5 Å². The third-order valence-corrected chi connectivity index (χ3v) is 3.95. The Bertz CT molecular complexity index is 396. The number of amides is 1. The first-order chi connectivity index (χ1) is 7.50. The molecule has 4 nitrogen and oxygen atoms in total. The van der Waals surface area contributed by atoms with Gasteiger partial charge in [0.1, 0.15) is 5.01 Å². The van der Waals surface area contributed by atoms with Crippen molar-refractivity contribution in [3.05, 3.63) is 16.1 Å². The molecule has 16 heavy (non-hydrogen) atoms. The second-order valence-corrected chi connectivity index (χ2v) is 5.56. The number of hydrogen-bond donors (Lipinski definition) is 2. The molecule has 0 radical (unpaired) electrons. The van der Waals surface area contributed by atoms with Crippen molar-refractivity contribution >= 4 is 17.2 Å². The molecular formula is C11H17N3OS. The number of rotatable bonds is 4. The second kappa shape index (κ2) is 4.14. The number of aryl methyl sites for hydroxylation is 1. The third kappa shape index (κ3) is 2.41. The van der Waals surface area contributed by atoms with Crippen molar-refractivity contribution in [2.24, 2.45) is 11.7 Å². The van der Waals surface area contributed by atoms with E-state index in [0.717, 1.165) is 23.5 Å². The van der Waals surface area contributed by atoms with E-state index < -0.39 is 5.54 Å². The maximum Gasteiger partial charge on any atom is 0.240 e. The van der Waals surface area contributed by atoms with Gasteiger partial charge in [0.15, 0.2) is 0 Å². The summed E-state index contributed by atoms with van der Waals surface area (Å²) in [6, 6.07) is 0. The highest BCUT2D eigenvalue weighted by Gasteiger charge is 2.43. The second-order valence-electron chi connectivity index (χ2n) is 4.62. The lowest BCUT2D eigenvalue weighted by Crippen LogP contribution is -2.53. The van der Waals surface area contributed by atoms with Crippen LogP contribution >= 0.6 is 11.3 Å². The summed E-state index contributed by atoms with van der Waals surface area (Å²) < 4.78 is 0. The van der Waals surface area contributed by atoms with Crippen molar-refractivity contribution in [1.82, 2.24) is 10.3 Å². The summed E-state index contributed by atoms with van der Waals surface area (Å²) in [5.74, 6) is 0.286. The van der Waals surface area contributed by atoms with Gasteiger partial charge in [0.2, 0.25) is 5.91 Å². The molecule has 1 saturated carbocycles. The fourth-order valence-electron chi connectivity index (χ4n) is 1.70. The van der Waals surface area contributed by atoms with Crippen molar-refractivity contribution in [3.63, 3.8) is 0 Å².